The first-order valence-corrected chi connectivity index (χ1v) is 10.4. The normalized spacial score (nSPS) is 18.8. The Bertz CT molecular complexity index is 972. The number of carbonyl (C=O) groups is 2. The molecule has 0 saturated carbocycles. The van der Waals surface area contributed by atoms with Crippen LogP contribution in [0.25, 0.3) is 0 Å². The first-order valence-electron chi connectivity index (χ1n) is 8.93. The first kappa shape index (κ1) is 17.9. The number of piperidine rings is 1. The summed E-state index contributed by atoms with van der Waals surface area (Å²) in [5, 5.41) is 0. The Kier molecular flexibility index (Phi) is 4.36. The van der Waals surface area contributed by atoms with Gasteiger partial charge in [-0.2, -0.15) is 4.31 Å². The number of benzene rings is 2. The van der Waals surface area contributed by atoms with Crippen molar-refractivity contribution in [1.82, 2.24) is 9.21 Å². The Morgan fingerprint density at radius 1 is 0.852 bits per heavy atom. The number of hydrogen-bond acceptors (Lipinski definition) is 4. The van der Waals surface area contributed by atoms with Gasteiger partial charge in [0.15, 0.2) is 0 Å². The fraction of sp³-hybridized carbons (Fsp3) is 0.300. The number of rotatable bonds is 3. The second-order valence-corrected chi connectivity index (χ2v) is 8.91. The molecule has 2 aromatic carbocycles. The van der Waals surface area contributed by atoms with Crippen molar-refractivity contribution in [3.8, 4) is 0 Å². The van der Waals surface area contributed by atoms with Gasteiger partial charge in [0.05, 0.1) is 16.0 Å². The summed E-state index contributed by atoms with van der Waals surface area (Å²) in [6.07, 6.45) is 0.882. The van der Waals surface area contributed by atoms with E-state index in [0.717, 1.165) is 5.56 Å². The van der Waals surface area contributed by atoms with Gasteiger partial charge in [-0.1, -0.05) is 29.8 Å². The predicted octanol–water partition coefficient (Wildman–Crippen LogP) is 2.44. The quantitative estimate of drug-likeness (QED) is 0.762. The molecule has 2 aliphatic heterocycles. The molecule has 27 heavy (non-hydrogen) atoms. The van der Waals surface area contributed by atoms with Crippen molar-refractivity contribution in [1.29, 1.82) is 0 Å². The van der Waals surface area contributed by atoms with Crippen molar-refractivity contribution in [3.05, 3.63) is 65.2 Å². The highest BCUT2D eigenvalue weighted by Gasteiger charge is 2.41. The Labute approximate surface area is 158 Å². The molecule has 1 saturated heterocycles. The van der Waals surface area contributed by atoms with Crippen molar-refractivity contribution in [2.45, 2.75) is 30.7 Å². The van der Waals surface area contributed by atoms with Crippen LogP contribution in [-0.2, 0) is 10.0 Å². The van der Waals surface area contributed by atoms with E-state index in [2.05, 4.69) is 0 Å². The van der Waals surface area contributed by atoms with E-state index in [1.54, 1.807) is 48.5 Å². The molecule has 2 amide bonds. The summed E-state index contributed by atoms with van der Waals surface area (Å²) in [5.74, 6) is -0.564. The third-order valence-electron chi connectivity index (χ3n) is 5.27. The number of amides is 2. The zero-order valence-corrected chi connectivity index (χ0v) is 15.8. The van der Waals surface area contributed by atoms with E-state index in [1.165, 1.54) is 9.21 Å². The first-order chi connectivity index (χ1) is 12.9. The third kappa shape index (κ3) is 2.96. The third-order valence-corrected chi connectivity index (χ3v) is 7.19. The van der Waals surface area contributed by atoms with Gasteiger partial charge in [0.2, 0.25) is 10.0 Å². The minimum atomic E-state index is -3.56. The number of hydrogen-bond donors (Lipinski definition) is 0. The molecule has 0 N–H and O–H groups in total. The van der Waals surface area contributed by atoms with E-state index in [0.29, 0.717) is 24.0 Å². The number of carbonyl (C=O) groups excluding carboxylic acids is 2. The van der Waals surface area contributed by atoms with Crippen LogP contribution in [0.2, 0.25) is 0 Å². The molecular formula is C20H20N2O4S. The van der Waals surface area contributed by atoms with Gasteiger partial charge in [-0.25, -0.2) is 8.42 Å². The second-order valence-electron chi connectivity index (χ2n) is 6.97. The molecule has 1 fully saturated rings. The van der Waals surface area contributed by atoms with Crippen molar-refractivity contribution in [2.24, 2.45) is 0 Å². The molecule has 2 aliphatic rings. The Balaban J connectivity index is 1.49. The number of fused-ring (bicyclic) bond motifs is 1. The van der Waals surface area contributed by atoms with E-state index in [4.69, 9.17) is 0 Å². The number of sulfonamides is 1. The van der Waals surface area contributed by atoms with E-state index >= 15 is 0 Å². The molecule has 0 atom stereocenters. The Morgan fingerprint density at radius 3 is 1.89 bits per heavy atom. The fourth-order valence-corrected chi connectivity index (χ4v) is 5.21. The summed E-state index contributed by atoms with van der Waals surface area (Å²) in [6, 6.07) is 13.3. The molecular weight excluding hydrogens is 364 g/mol. The van der Waals surface area contributed by atoms with E-state index < -0.39 is 10.0 Å². The molecule has 2 heterocycles. The van der Waals surface area contributed by atoms with Crippen molar-refractivity contribution < 1.29 is 18.0 Å². The van der Waals surface area contributed by atoms with Gasteiger partial charge in [0, 0.05) is 19.1 Å². The van der Waals surface area contributed by atoms with Crippen LogP contribution in [0, 0.1) is 6.92 Å². The summed E-state index contributed by atoms with van der Waals surface area (Å²) in [7, 11) is -3.56. The Hall–Kier alpha value is -2.51. The van der Waals surface area contributed by atoms with Gasteiger partial charge in [0.25, 0.3) is 11.8 Å². The standard InChI is InChI=1S/C20H20N2O4S/c1-14-6-8-16(9-7-14)27(25,26)21-12-10-15(11-13-21)22-19(23)17-4-2-3-5-18(17)20(22)24/h2-9,15H,10-13H2,1H3. The highest BCUT2D eigenvalue weighted by molar-refractivity contribution is 7.89. The zero-order chi connectivity index (χ0) is 19.2. The molecule has 0 aromatic heterocycles. The van der Waals surface area contributed by atoms with Crippen molar-refractivity contribution in [2.75, 3.05) is 13.1 Å². The Morgan fingerprint density at radius 2 is 1.37 bits per heavy atom. The summed E-state index contributed by atoms with van der Waals surface area (Å²) < 4.78 is 27.1. The maximum Gasteiger partial charge on any atom is 0.261 e. The van der Waals surface area contributed by atoms with Gasteiger partial charge in [-0.3, -0.25) is 14.5 Å². The van der Waals surface area contributed by atoms with Crippen molar-refractivity contribution in [3.63, 3.8) is 0 Å². The SMILES string of the molecule is Cc1ccc(S(=O)(=O)N2CCC(N3C(=O)c4ccccc4C3=O)CC2)cc1. The number of imide groups is 1. The summed E-state index contributed by atoms with van der Waals surface area (Å²) in [5.41, 5.74) is 1.85. The summed E-state index contributed by atoms with van der Waals surface area (Å²) in [6.45, 7) is 2.48. The largest absolute Gasteiger partial charge is 0.271 e. The number of nitrogens with zero attached hydrogens (tertiary/aromatic N) is 2. The molecule has 6 nitrogen and oxygen atoms in total. The van der Waals surface area contributed by atoms with Crippen molar-refractivity contribution >= 4 is 21.8 Å². The van der Waals surface area contributed by atoms with Gasteiger partial charge < -0.3 is 0 Å². The second kappa shape index (κ2) is 6.58. The maximum absolute atomic E-state index is 12.8. The average Bonchev–Trinajstić information content (AvgIpc) is 2.93. The van der Waals surface area contributed by atoms with Crippen LogP contribution in [0.4, 0.5) is 0 Å². The lowest BCUT2D eigenvalue weighted by atomic mass is 10.1. The molecule has 2 aromatic rings. The predicted molar refractivity (Wildman–Crippen MR) is 99.9 cm³/mol. The molecule has 0 aliphatic carbocycles. The lowest BCUT2D eigenvalue weighted by Gasteiger charge is -2.35. The van der Waals surface area contributed by atoms with Crippen LogP contribution in [0.1, 0.15) is 39.1 Å². The highest BCUT2D eigenvalue weighted by Crippen LogP contribution is 2.30. The number of aryl methyl sites for hydroxylation is 1. The highest BCUT2D eigenvalue weighted by atomic mass is 32.2. The lowest BCUT2D eigenvalue weighted by molar-refractivity contribution is 0.0536. The minimum absolute atomic E-state index is 0.271. The fourth-order valence-electron chi connectivity index (χ4n) is 3.74. The van der Waals surface area contributed by atoms with E-state index in [9.17, 15) is 18.0 Å². The van der Waals surface area contributed by atoms with Crippen LogP contribution in [0.3, 0.4) is 0 Å². The smallest absolute Gasteiger partial charge is 0.261 e. The zero-order valence-electron chi connectivity index (χ0n) is 15.0. The van der Waals surface area contributed by atoms with E-state index in [-0.39, 0.29) is 35.8 Å². The average molecular weight is 384 g/mol. The summed E-state index contributed by atoms with van der Waals surface area (Å²) in [4.78, 5) is 26.8. The van der Waals surface area contributed by atoms with Crippen LogP contribution < -0.4 is 0 Å². The van der Waals surface area contributed by atoms with Crippen LogP contribution in [0.15, 0.2) is 53.4 Å². The van der Waals surface area contributed by atoms with E-state index in [1.807, 2.05) is 6.92 Å². The molecule has 0 spiro atoms. The van der Waals surface area contributed by atoms with Gasteiger partial charge >= 0.3 is 0 Å². The van der Waals surface area contributed by atoms with Gasteiger partial charge in [-0.15, -0.1) is 0 Å². The maximum atomic E-state index is 12.8. The van der Waals surface area contributed by atoms with Crippen LogP contribution in [-0.4, -0.2) is 48.6 Å². The molecule has 140 valence electrons. The molecule has 0 unspecified atom stereocenters. The molecule has 0 radical (unpaired) electrons. The molecule has 0 bridgehead atoms. The minimum Gasteiger partial charge on any atom is -0.271 e. The summed E-state index contributed by atoms with van der Waals surface area (Å²) >= 11 is 0. The lowest BCUT2D eigenvalue weighted by Crippen LogP contribution is -2.48. The topological polar surface area (TPSA) is 74.8 Å². The molecule has 7 heteroatoms. The van der Waals surface area contributed by atoms with Crippen LogP contribution >= 0.6 is 0 Å². The van der Waals surface area contributed by atoms with Gasteiger partial charge in [0.1, 0.15) is 0 Å². The van der Waals surface area contributed by atoms with Gasteiger partial charge in [-0.05, 0) is 44.0 Å². The monoisotopic (exact) mass is 384 g/mol. The molecule has 4 rings (SSSR count). The van der Waals surface area contributed by atoms with Crippen LogP contribution in [0.5, 0.6) is 0 Å².